The Labute approximate surface area is 136 Å². The van der Waals surface area contributed by atoms with Crippen molar-refractivity contribution in [3.05, 3.63) is 90.8 Å². The second-order valence-corrected chi connectivity index (χ2v) is 6.17. The van der Waals surface area contributed by atoms with E-state index >= 15 is 0 Å². The summed E-state index contributed by atoms with van der Waals surface area (Å²) in [5.74, 6) is 0.429. The maximum atomic E-state index is 10.7. The summed E-state index contributed by atoms with van der Waals surface area (Å²) in [4.78, 5) is 3.97. The van der Waals surface area contributed by atoms with Crippen LogP contribution in [-0.4, -0.2) is 10.1 Å². The monoisotopic (exact) mass is 325 g/mol. The molecule has 23 heavy (non-hydrogen) atoms. The molecule has 0 amide bonds. The van der Waals surface area contributed by atoms with Crippen molar-refractivity contribution >= 4 is 8.38 Å². The summed E-state index contributed by atoms with van der Waals surface area (Å²) in [6, 6.07) is 22.2. The van der Waals surface area contributed by atoms with E-state index in [-0.39, 0.29) is 0 Å². The van der Waals surface area contributed by atoms with Crippen LogP contribution < -0.4 is 9.05 Å². The first kappa shape index (κ1) is 15.5. The molecule has 0 fully saturated rings. The first-order valence-corrected chi connectivity index (χ1v) is 8.41. The molecule has 116 valence electrons. The Morgan fingerprint density at radius 2 is 1.22 bits per heavy atom. The van der Waals surface area contributed by atoms with Gasteiger partial charge in [0.25, 0.3) is 0 Å². The fraction of sp³-hybridized carbons (Fsp3) is 0.0556. The number of hydrogen-bond acceptors (Lipinski definition) is 4. The molecule has 0 spiro atoms. The van der Waals surface area contributed by atoms with Crippen LogP contribution in [0.4, 0.5) is 0 Å². The quantitative estimate of drug-likeness (QED) is 0.676. The molecule has 3 aromatic rings. The normalized spacial score (nSPS) is 11.9. The average Bonchev–Trinajstić information content (AvgIpc) is 2.63. The highest BCUT2D eigenvalue weighted by atomic mass is 31.2. The molecule has 1 heterocycles. The Bertz CT molecular complexity index is 669. The molecule has 0 saturated heterocycles. The second-order valence-electron chi connectivity index (χ2n) is 4.75. The standard InChI is InChI=1S/C18H16NO3P/c20-18(15-11-13-19-14-12-15)23(21-16-7-3-1-4-8-16)22-17-9-5-2-6-10-17/h1-14,18,20H. The maximum absolute atomic E-state index is 10.7. The number of nitrogens with zero attached hydrogens (tertiary/aromatic N) is 1. The Hall–Kier alpha value is -2.42. The third-order valence-electron chi connectivity index (χ3n) is 3.08. The molecule has 0 aliphatic carbocycles. The van der Waals surface area contributed by atoms with E-state index < -0.39 is 14.2 Å². The van der Waals surface area contributed by atoms with E-state index in [0.717, 1.165) is 0 Å². The summed E-state index contributed by atoms with van der Waals surface area (Å²) in [6.07, 6.45) is 3.27. The van der Waals surface area contributed by atoms with Gasteiger partial charge in [0.15, 0.2) is 5.85 Å². The van der Waals surface area contributed by atoms with E-state index in [0.29, 0.717) is 17.1 Å². The van der Waals surface area contributed by atoms with Gasteiger partial charge in [-0.25, -0.2) is 0 Å². The van der Waals surface area contributed by atoms with Gasteiger partial charge in [0.05, 0.1) is 0 Å². The third kappa shape index (κ3) is 4.28. The summed E-state index contributed by atoms with van der Waals surface area (Å²) in [5.41, 5.74) is 0.706. The van der Waals surface area contributed by atoms with Crippen molar-refractivity contribution in [3.63, 3.8) is 0 Å². The lowest BCUT2D eigenvalue weighted by Crippen LogP contribution is -2.05. The zero-order valence-electron chi connectivity index (χ0n) is 12.3. The molecule has 1 N–H and O–H groups in total. The van der Waals surface area contributed by atoms with Crippen molar-refractivity contribution < 1.29 is 14.2 Å². The van der Waals surface area contributed by atoms with Gasteiger partial charge in [-0.15, -0.1) is 0 Å². The van der Waals surface area contributed by atoms with Gasteiger partial charge in [-0.2, -0.15) is 0 Å². The Morgan fingerprint density at radius 1 is 0.739 bits per heavy atom. The van der Waals surface area contributed by atoms with Crippen LogP contribution in [0.15, 0.2) is 85.2 Å². The largest absolute Gasteiger partial charge is 0.437 e. The number of benzene rings is 2. The van der Waals surface area contributed by atoms with Gasteiger partial charge in [0.1, 0.15) is 11.5 Å². The lowest BCUT2D eigenvalue weighted by molar-refractivity contribution is 0.237. The number of para-hydroxylation sites is 2. The van der Waals surface area contributed by atoms with Crippen LogP contribution in [0.5, 0.6) is 11.5 Å². The predicted molar refractivity (Wildman–Crippen MR) is 90.3 cm³/mol. The number of aromatic nitrogens is 1. The van der Waals surface area contributed by atoms with Crippen LogP contribution in [0.25, 0.3) is 0 Å². The topological polar surface area (TPSA) is 51.6 Å². The van der Waals surface area contributed by atoms with Crippen molar-refractivity contribution in [2.45, 2.75) is 5.85 Å². The predicted octanol–water partition coefficient (Wildman–Crippen LogP) is 4.54. The van der Waals surface area contributed by atoms with Gasteiger partial charge < -0.3 is 14.2 Å². The van der Waals surface area contributed by atoms with E-state index in [1.165, 1.54) is 0 Å². The van der Waals surface area contributed by atoms with Crippen molar-refractivity contribution in [2.75, 3.05) is 0 Å². The lowest BCUT2D eigenvalue weighted by atomic mass is 10.3. The molecule has 3 rings (SSSR count). The summed E-state index contributed by atoms with van der Waals surface area (Å²) < 4.78 is 11.8. The summed E-state index contributed by atoms with van der Waals surface area (Å²) in [6.45, 7) is 0. The van der Waals surface area contributed by atoms with Crippen molar-refractivity contribution in [2.24, 2.45) is 0 Å². The fourth-order valence-corrected chi connectivity index (χ4v) is 3.26. The molecule has 5 heteroatoms. The third-order valence-corrected chi connectivity index (χ3v) is 4.56. The first-order valence-electron chi connectivity index (χ1n) is 7.16. The van der Waals surface area contributed by atoms with Crippen LogP contribution >= 0.6 is 8.38 Å². The van der Waals surface area contributed by atoms with E-state index in [9.17, 15) is 5.11 Å². The highest BCUT2D eigenvalue weighted by molar-refractivity contribution is 7.48. The zero-order valence-corrected chi connectivity index (χ0v) is 13.2. The Morgan fingerprint density at radius 3 is 1.70 bits per heavy atom. The minimum absolute atomic E-state index is 0.655. The molecular weight excluding hydrogens is 309 g/mol. The fourth-order valence-electron chi connectivity index (χ4n) is 1.95. The van der Waals surface area contributed by atoms with Crippen LogP contribution in [0.1, 0.15) is 11.4 Å². The molecule has 1 aromatic heterocycles. The number of pyridine rings is 1. The average molecular weight is 325 g/mol. The van der Waals surface area contributed by atoms with Crippen molar-refractivity contribution in [3.8, 4) is 11.5 Å². The molecule has 2 aromatic carbocycles. The second kappa shape index (κ2) is 7.73. The highest BCUT2D eigenvalue weighted by Gasteiger charge is 2.27. The van der Waals surface area contributed by atoms with Gasteiger partial charge >= 0.3 is 8.38 Å². The molecule has 0 saturated carbocycles. The lowest BCUT2D eigenvalue weighted by Gasteiger charge is -2.23. The van der Waals surface area contributed by atoms with E-state index in [4.69, 9.17) is 9.05 Å². The van der Waals surface area contributed by atoms with E-state index in [2.05, 4.69) is 4.98 Å². The van der Waals surface area contributed by atoms with E-state index in [1.807, 2.05) is 60.7 Å². The molecule has 1 unspecified atom stereocenters. The minimum atomic E-state index is -1.62. The first-order chi connectivity index (χ1) is 11.3. The summed E-state index contributed by atoms with van der Waals surface area (Å²) in [7, 11) is -1.62. The molecule has 0 radical (unpaired) electrons. The molecule has 0 aliphatic rings. The van der Waals surface area contributed by atoms with Crippen molar-refractivity contribution in [1.82, 2.24) is 4.98 Å². The van der Waals surface area contributed by atoms with Gasteiger partial charge in [0.2, 0.25) is 0 Å². The Balaban J connectivity index is 1.83. The Kier molecular flexibility index (Phi) is 5.20. The maximum Gasteiger partial charge on any atom is 0.326 e. The molecule has 1 atom stereocenters. The van der Waals surface area contributed by atoms with Crippen LogP contribution in [0.2, 0.25) is 0 Å². The number of aliphatic hydroxyl groups excluding tert-OH is 1. The van der Waals surface area contributed by atoms with E-state index in [1.54, 1.807) is 24.5 Å². The van der Waals surface area contributed by atoms with Gasteiger partial charge in [-0.3, -0.25) is 4.98 Å². The number of rotatable bonds is 6. The molecule has 4 nitrogen and oxygen atoms in total. The minimum Gasteiger partial charge on any atom is -0.437 e. The number of hydrogen-bond donors (Lipinski definition) is 1. The van der Waals surface area contributed by atoms with Crippen LogP contribution in [0.3, 0.4) is 0 Å². The van der Waals surface area contributed by atoms with Gasteiger partial charge in [0, 0.05) is 12.4 Å². The molecule has 0 bridgehead atoms. The molecular formula is C18H16NO3P. The van der Waals surface area contributed by atoms with Gasteiger partial charge in [-0.1, -0.05) is 36.4 Å². The van der Waals surface area contributed by atoms with Crippen molar-refractivity contribution in [1.29, 1.82) is 0 Å². The highest BCUT2D eigenvalue weighted by Crippen LogP contribution is 2.51. The summed E-state index contributed by atoms with van der Waals surface area (Å²) >= 11 is 0. The van der Waals surface area contributed by atoms with Crippen LogP contribution in [0, 0.1) is 0 Å². The SMILES string of the molecule is OC(c1ccncc1)P(Oc1ccccc1)Oc1ccccc1. The van der Waals surface area contributed by atoms with Crippen LogP contribution in [-0.2, 0) is 0 Å². The zero-order chi connectivity index (χ0) is 15.9. The smallest absolute Gasteiger partial charge is 0.326 e. The molecule has 0 aliphatic heterocycles. The summed E-state index contributed by atoms with van der Waals surface area (Å²) in [5, 5.41) is 10.7. The van der Waals surface area contributed by atoms with Gasteiger partial charge in [-0.05, 0) is 42.0 Å². The number of aliphatic hydroxyl groups is 1.